The summed E-state index contributed by atoms with van der Waals surface area (Å²) >= 11 is 0. The van der Waals surface area contributed by atoms with Crippen LogP contribution in [0.1, 0.15) is 24.2 Å². The first-order chi connectivity index (χ1) is 14.1. The molecule has 3 aromatic rings. The highest BCUT2D eigenvalue weighted by atomic mass is 16.5. The van der Waals surface area contributed by atoms with E-state index in [0.29, 0.717) is 29.6 Å². The summed E-state index contributed by atoms with van der Waals surface area (Å²) in [5.74, 6) is 2.14. The van der Waals surface area contributed by atoms with E-state index in [-0.39, 0.29) is 17.9 Å². The molecule has 0 unspecified atom stereocenters. The van der Waals surface area contributed by atoms with Gasteiger partial charge < -0.3 is 14.8 Å². The van der Waals surface area contributed by atoms with Crippen molar-refractivity contribution >= 4 is 22.5 Å². The maximum atomic E-state index is 12.7. The fourth-order valence-corrected chi connectivity index (χ4v) is 3.71. The minimum absolute atomic E-state index is 0.0419. The number of nitrogens with zero attached hydrogens (tertiary/aromatic N) is 2. The van der Waals surface area contributed by atoms with E-state index >= 15 is 0 Å². The van der Waals surface area contributed by atoms with Crippen LogP contribution in [0.25, 0.3) is 10.9 Å². The van der Waals surface area contributed by atoms with Gasteiger partial charge >= 0.3 is 0 Å². The maximum absolute atomic E-state index is 12.7. The van der Waals surface area contributed by atoms with Gasteiger partial charge in [-0.1, -0.05) is 0 Å². The summed E-state index contributed by atoms with van der Waals surface area (Å²) in [7, 11) is 3.20. The zero-order chi connectivity index (χ0) is 20.4. The monoisotopic (exact) mass is 393 g/mol. The SMILES string of the molecule is COc1ccc(OC)c(CCC(=O)Nc2ccc3nc4n(c(=O)c3c2)CCC4)c1. The van der Waals surface area contributed by atoms with Crippen LogP contribution in [0.5, 0.6) is 11.5 Å². The predicted octanol–water partition coefficient (Wildman–Crippen LogP) is 2.93. The zero-order valence-corrected chi connectivity index (χ0v) is 16.5. The molecular formula is C22H23N3O4. The van der Waals surface area contributed by atoms with Crippen LogP contribution in [-0.4, -0.2) is 29.7 Å². The van der Waals surface area contributed by atoms with E-state index in [9.17, 15) is 9.59 Å². The summed E-state index contributed by atoms with van der Waals surface area (Å²) in [6.07, 6.45) is 2.56. The van der Waals surface area contributed by atoms with E-state index in [0.717, 1.165) is 35.7 Å². The minimum atomic E-state index is -0.136. The molecule has 1 aliphatic rings. The Hall–Kier alpha value is -3.35. The molecule has 0 spiro atoms. The quantitative estimate of drug-likeness (QED) is 0.696. The molecule has 1 aromatic heterocycles. The van der Waals surface area contributed by atoms with Crippen LogP contribution in [0.15, 0.2) is 41.2 Å². The van der Waals surface area contributed by atoms with E-state index in [2.05, 4.69) is 10.3 Å². The molecule has 7 nitrogen and oxygen atoms in total. The minimum Gasteiger partial charge on any atom is -0.497 e. The highest BCUT2D eigenvalue weighted by Crippen LogP contribution is 2.25. The van der Waals surface area contributed by atoms with Crippen LogP contribution in [0, 0.1) is 0 Å². The van der Waals surface area contributed by atoms with Crippen molar-refractivity contribution in [2.45, 2.75) is 32.2 Å². The van der Waals surface area contributed by atoms with Gasteiger partial charge in [0, 0.05) is 25.1 Å². The smallest absolute Gasteiger partial charge is 0.261 e. The van der Waals surface area contributed by atoms with Crippen molar-refractivity contribution in [3.05, 3.63) is 58.1 Å². The van der Waals surface area contributed by atoms with Crippen LogP contribution in [0.2, 0.25) is 0 Å². The fraction of sp³-hybridized carbons (Fsp3) is 0.318. The lowest BCUT2D eigenvalue weighted by atomic mass is 10.1. The number of hydrogen-bond donors (Lipinski definition) is 1. The van der Waals surface area contributed by atoms with Crippen molar-refractivity contribution in [1.82, 2.24) is 9.55 Å². The molecule has 1 amide bonds. The molecule has 0 aliphatic carbocycles. The average molecular weight is 393 g/mol. The van der Waals surface area contributed by atoms with Gasteiger partial charge in [0.15, 0.2) is 0 Å². The largest absolute Gasteiger partial charge is 0.497 e. The van der Waals surface area contributed by atoms with Gasteiger partial charge in [-0.3, -0.25) is 14.2 Å². The Morgan fingerprint density at radius 1 is 1.17 bits per heavy atom. The fourth-order valence-electron chi connectivity index (χ4n) is 3.71. The Kier molecular flexibility index (Phi) is 5.20. The number of benzene rings is 2. The maximum Gasteiger partial charge on any atom is 0.261 e. The van der Waals surface area contributed by atoms with Gasteiger partial charge in [-0.2, -0.15) is 0 Å². The third kappa shape index (κ3) is 3.81. The number of carbonyl (C=O) groups is 1. The van der Waals surface area contributed by atoms with Crippen LogP contribution in [0.4, 0.5) is 5.69 Å². The Morgan fingerprint density at radius 2 is 2.03 bits per heavy atom. The van der Waals surface area contributed by atoms with E-state index in [1.54, 1.807) is 37.0 Å². The number of nitrogens with one attached hydrogen (secondary N) is 1. The van der Waals surface area contributed by atoms with Gasteiger partial charge in [-0.05, 0) is 54.8 Å². The van der Waals surface area contributed by atoms with Crippen molar-refractivity contribution in [2.75, 3.05) is 19.5 Å². The average Bonchev–Trinajstić information content (AvgIpc) is 3.21. The number of anilines is 1. The van der Waals surface area contributed by atoms with E-state index < -0.39 is 0 Å². The Balaban J connectivity index is 1.49. The van der Waals surface area contributed by atoms with Crippen LogP contribution >= 0.6 is 0 Å². The van der Waals surface area contributed by atoms with Gasteiger partial charge in [0.05, 0.1) is 25.1 Å². The Labute approximate surface area is 168 Å². The number of ether oxygens (including phenoxy) is 2. The highest BCUT2D eigenvalue weighted by Gasteiger charge is 2.16. The molecule has 0 bridgehead atoms. The van der Waals surface area contributed by atoms with Crippen molar-refractivity contribution in [3.63, 3.8) is 0 Å². The first kappa shape index (κ1) is 19.0. The van der Waals surface area contributed by atoms with Crippen LogP contribution < -0.4 is 20.3 Å². The van der Waals surface area contributed by atoms with E-state index in [1.165, 1.54) is 0 Å². The number of methoxy groups -OCH3 is 2. The van der Waals surface area contributed by atoms with E-state index in [4.69, 9.17) is 9.47 Å². The zero-order valence-electron chi connectivity index (χ0n) is 16.5. The lowest BCUT2D eigenvalue weighted by molar-refractivity contribution is -0.116. The van der Waals surface area contributed by atoms with Crippen molar-refractivity contribution in [2.24, 2.45) is 0 Å². The summed E-state index contributed by atoms with van der Waals surface area (Å²) in [4.78, 5) is 29.7. The summed E-state index contributed by atoms with van der Waals surface area (Å²) < 4.78 is 12.3. The second-order valence-corrected chi connectivity index (χ2v) is 7.05. The molecule has 1 N–H and O–H groups in total. The van der Waals surface area contributed by atoms with Gasteiger partial charge in [-0.25, -0.2) is 4.98 Å². The number of rotatable bonds is 6. The summed E-state index contributed by atoms with van der Waals surface area (Å²) in [5.41, 5.74) is 2.12. The van der Waals surface area contributed by atoms with Crippen LogP contribution in [-0.2, 0) is 24.2 Å². The van der Waals surface area contributed by atoms with Gasteiger partial charge in [0.1, 0.15) is 17.3 Å². The second kappa shape index (κ2) is 7.95. The molecule has 29 heavy (non-hydrogen) atoms. The van der Waals surface area contributed by atoms with Gasteiger partial charge in [-0.15, -0.1) is 0 Å². The molecule has 0 fully saturated rings. The van der Waals surface area contributed by atoms with Crippen molar-refractivity contribution in [1.29, 1.82) is 0 Å². The number of carbonyl (C=O) groups excluding carboxylic acids is 1. The molecule has 150 valence electrons. The third-order valence-corrected chi connectivity index (χ3v) is 5.21. The number of aromatic nitrogens is 2. The standard InChI is InChI=1S/C22H23N3O4/c1-28-16-7-9-19(29-2)14(12-16)5-10-21(26)23-15-6-8-18-17(13-15)22(27)25-11-3-4-20(25)24-18/h6-9,12-13H,3-5,10-11H2,1-2H3,(H,23,26). The number of amides is 1. The summed E-state index contributed by atoms with van der Waals surface area (Å²) in [6.45, 7) is 0.704. The lowest BCUT2D eigenvalue weighted by Crippen LogP contribution is -2.21. The molecular weight excluding hydrogens is 370 g/mol. The third-order valence-electron chi connectivity index (χ3n) is 5.21. The number of fused-ring (bicyclic) bond motifs is 2. The molecule has 0 saturated carbocycles. The molecule has 0 saturated heterocycles. The summed E-state index contributed by atoms with van der Waals surface area (Å²) in [6, 6.07) is 10.8. The van der Waals surface area contributed by atoms with Crippen LogP contribution in [0.3, 0.4) is 0 Å². The Morgan fingerprint density at radius 3 is 2.83 bits per heavy atom. The Bertz CT molecular complexity index is 1140. The molecule has 2 aromatic carbocycles. The normalized spacial score (nSPS) is 12.6. The molecule has 4 rings (SSSR count). The van der Waals surface area contributed by atoms with Crippen molar-refractivity contribution < 1.29 is 14.3 Å². The first-order valence-electron chi connectivity index (χ1n) is 9.63. The molecule has 1 aliphatic heterocycles. The highest BCUT2D eigenvalue weighted by molar-refractivity contribution is 5.93. The predicted molar refractivity (Wildman–Crippen MR) is 111 cm³/mol. The van der Waals surface area contributed by atoms with Gasteiger partial charge in [0.25, 0.3) is 5.56 Å². The molecule has 0 atom stereocenters. The summed E-state index contributed by atoms with van der Waals surface area (Å²) in [5, 5.41) is 3.41. The van der Waals surface area contributed by atoms with Crippen molar-refractivity contribution in [3.8, 4) is 11.5 Å². The first-order valence-corrected chi connectivity index (χ1v) is 9.63. The lowest BCUT2D eigenvalue weighted by Gasteiger charge is -2.11. The molecule has 2 heterocycles. The second-order valence-electron chi connectivity index (χ2n) is 7.05. The van der Waals surface area contributed by atoms with Gasteiger partial charge in [0.2, 0.25) is 5.91 Å². The topological polar surface area (TPSA) is 82.4 Å². The number of hydrogen-bond acceptors (Lipinski definition) is 5. The molecule has 7 heteroatoms. The van der Waals surface area contributed by atoms with E-state index in [1.807, 2.05) is 18.2 Å². The molecule has 0 radical (unpaired) electrons. The number of aryl methyl sites for hydroxylation is 2.